The average Bonchev–Trinajstić information content (AvgIpc) is 3.11. The Labute approximate surface area is 164 Å². The number of H-pyrrole nitrogens is 1. The number of nitrogens with zero attached hydrogens (tertiary/aromatic N) is 2. The molecule has 2 aromatic heterocycles. The zero-order chi connectivity index (χ0) is 19.3. The van der Waals surface area contributed by atoms with Crippen LogP contribution in [-0.2, 0) is 6.54 Å². The van der Waals surface area contributed by atoms with Crippen LogP contribution in [0.3, 0.4) is 0 Å². The summed E-state index contributed by atoms with van der Waals surface area (Å²) in [4.78, 5) is 18.4. The van der Waals surface area contributed by atoms with Gasteiger partial charge in [-0.2, -0.15) is 0 Å². The number of carbonyl (C=O) groups excluding carboxylic acids is 1. The standard InChI is InChI=1S/C22H26N4O2/c1-13-3-6-18-17(7-13)16(9-23-18)11-26-10-14(2)20(12-26)24-22(27)19-8-21(28-25-19)15-4-5-15/h3,6-9,14-15,20,23H,4-5,10-12H2,1-2H3,(H,24,27)/t14?,20-/m1/s1. The molecule has 1 aliphatic heterocycles. The fourth-order valence-electron chi connectivity index (χ4n) is 4.25. The van der Waals surface area contributed by atoms with Crippen molar-refractivity contribution in [3.8, 4) is 0 Å². The van der Waals surface area contributed by atoms with Crippen molar-refractivity contribution in [2.45, 2.75) is 45.2 Å². The molecule has 5 rings (SSSR count). The second-order valence-electron chi connectivity index (χ2n) is 8.50. The lowest BCUT2D eigenvalue weighted by Gasteiger charge is -2.16. The average molecular weight is 378 g/mol. The zero-order valence-corrected chi connectivity index (χ0v) is 16.4. The molecule has 1 aliphatic carbocycles. The number of amides is 1. The second-order valence-corrected chi connectivity index (χ2v) is 8.50. The van der Waals surface area contributed by atoms with Crippen molar-refractivity contribution in [2.24, 2.45) is 5.92 Å². The van der Waals surface area contributed by atoms with E-state index in [0.717, 1.165) is 38.2 Å². The van der Waals surface area contributed by atoms with Crippen LogP contribution >= 0.6 is 0 Å². The number of aryl methyl sites for hydroxylation is 1. The molecule has 1 unspecified atom stereocenters. The Morgan fingerprint density at radius 3 is 3.00 bits per heavy atom. The van der Waals surface area contributed by atoms with Crippen LogP contribution in [0.15, 0.2) is 35.0 Å². The third-order valence-electron chi connectivity index (χ3n) is 6.06. The zero-order valence-electron chi connectivity index (χ0n) is 16.4. The molecule has 6 heteroatoms. The van der Waals surface area contributed by atoms with E-state index in [1.54, 1.807) is 6.07 Å². The minimum atomic E-state index is -0.128. The Bertz CT molecular complexity index is 1020. The van der Waals surface area contributed by atoms with E-state index in [1.807, 2.05) is 0 Å². The van der Waals surface area contributed by atoms with Crippen LogP contribution in [0.25, 0.3) is 10.9 Å². The van der Waals surface area contributed by atoms with Crippen molar-refractivity contribution in [3.63, 3.8) is 0 Å². The van der Waals surface area contributed by atoms with Crippen LogP contribution in [0.5, 0.6) is 0 Å². The molecule has 1 saturated heterocycles. The Morgan fingerprint density at radius 1 is 1.32 bits per heavy atom. The van der Waals surface area contributed by atoms with Crippen LogP contribution < -0.4 is 5.32 Å². The third-order valence-corrected chi connectivity index (χ3v) is 6.06. The molecule has 0 radical (unpaired) electrons. The molecular weight excluding hydrogens is 352 g/mol. The summed E-state index contributed by atoms with van der Waals surface area (Å²) in [6.45, 7) is 7.02. The smallest absolute Gasteiger partial charge is 0.273 e. The van der Waals surface area contributed by atoms with Crippen LogP contribution in [0.2, 0.25) is 0 Å². The van der Waals surface area contributed by atoms with Gasteiger partial charge in [0.2, 0.25) is 0 Å². The van der Waals surface area contributed by atoms with Gasteiger partial charge in [0.25, 0.3) is 5.91 Å². The summed E-state index contributed by atoms with van der Waals surface area (Å²) in [6.07, 6.45) is 4.38. The van der Waals surface area contributed by atoms with Crippen molar-refractivity contribution in [1.82, 2.24) is 20.4 Å². The first-order valence-corrected chi connectivity index (χ1v) is 10.1. The summed E-state index contributed by atoms with van der Waals surface area (Å²) < 4.78 is 5.32. The SMILES string of the molecule is Cc1ccc2[nH]cc(CN3CC(C)[C@H](NC(=O)c4cc(C5CC5)on4)C3)c2c1. The first kappa shape index (κ1) is 17.5. The molecule has 2 atom stereocenters. The number of likely N-dealkylation sites (tertiary alicyclic amines) is 1. The van der Waals surface area contributed by atoms with E-state index >= 15 is 0 Å². The molecule has 28 heavy (non-hydrogen) atoms. The van der Waals surface area contributed by atoms with E-state index in [0.29, 0.717) is 17.5 Å². The van der Waals surface area contributed by atoms with Crippen LogP contribution in [0.4, 0.5) is 0 Å². The summed E-state index contributed by atoms with van der Waals surface area (Å²) in [5, 5.41) is 8.41. The first-order chi connectivity index (χ1) is 13.6. The number of hydrogen-bond donors (Lipinski definition) is 2. The molecule has 1 saturated carbocycles. The maximum Gasteiger partial charge on any atom is 0.273 e. The predicted molar refractivity (Wildman–Crippen MR) is 107 cm³/mol. The molecule has 0 spiro atoms. The van der Waals surface area contributed by atoms with Crippen LogP contribution in [0.1, 0.15) is 53.1 Å². The predicted octanol–water partition coefficient (Wildman–Crippen LogP) is 3.59. The Balaban J connectivity index is 1.24. The first-order valence-electron chi connectivity index (χ1n) is 10.1. The molecule has 3 heterocycles. The number of aromatic nitrogens is 2. The van der Waals surface area contributed by atoms with Crippen molar-refractivity contribution in [2.75, 3.05) is 13.1 Å². The van der Waals surface area contributed by atoms with E-state index < -0.39 is 0 Å². The summed E-state index contributed by atoms with van der Waals surface area (Å²) >= 11 is 0. The lowest BCUT2D eigenvalue weighted by atomic mass is 10.1. The molecule has 3 aromatic rings. The molecule has 0 bridgehead atoms. The Morgan fingerprint density at radius 2 is 2.18 bits per heavy atom. The molecule has 1 aromatic carbocycles. The van der Waals surface area contributed by atoms with E-state index in [2.05, 4.69) is 58.6 Å². The molecule has 6 nitrogen and oxygen atoms in total. The highest BCUT2D eigenvalue weighted by molar-refractivity contribution is 5.92. The lowest BCUT2D eigenvalue weighted by molar-refractivity contribution is 0.0922. The topological polar surface area (TPSA) is 74.2 Å². The highest BCUT2D eigenvalue weighted by atomic mass is 16.5. The Hall–Kier alpha value is -2.60. The number of aromatic amines is 1. The van der Waals surface area contributed by atoms with Gasteiger partial charge in [-0.25, -0.2) is 0 Å². The van der Waals surface area contributed by atoms with Crippen molar-refractivity contribution >= 4 is 16.8 Å². The number of fused-ring (bicyclic) bond motifs is 1. The van der Waals surface area contributed by atoms with Crippen molar-refractivity contribution in [3.05, 3.63) is 53.0 Å². The van der Waals surface area contributed by atoms with E-state index in [1.165, 1.54) is 22.0 Å². The van der Waals surface area contributed by atoms with Gasteiger partial charge in [-0.3, -0.25) is 9.69 Å². The minimum Gasteiger partial charge on any atom is -0.361 e. The van der Waals surface area contributed by atoms with Gasteiger partial charge in [-0.05, 0) is 43.4 Å². The summed E-state index contributed by atoms with van der Waals surface area (Å²) in [5.74, 6) is 1.58. The van der Waals surface area contributed by atoms with Crippen LogP contribution in [0, 0.1) is 12.8 Å². The van der Waals surface area contributed by atoms with Crippen molar-refractivity contribution in [1.29, 1.82) is 0 Å². The highest BCUT2D eigenvalue weighted by Crippen LogP contribution is 2.40. The number of carbonyl (C=O) groups is 1. The molecule has 1 amide bonds. The molecular formula is C22H26N4O2. The Kier molecular flexibility index (Phi) is 4.23. The number of rotatable bonds is 5. The second kappa shape index (κ2) is 6.78. The number of benzene rings is 1. The minimum absolute atomic E-state index is 0.125. The van der Waals surface area contributed by atoms with Gasteiger partial charge in [0.15, 0.2) is 5.69 Å². The largest absolute Gasteiger partial charge is 0.361 e. The highest BCUT2D eigenvalue weighted by Gasteiger charge is 2.33. The van der Waals surface area contributed by atoms with E-state index in [-0.39, 0.29) is 11.9 Å². The fourth-order valence-corrected chi connectivity index (χ4v) is 4.25. The monoisotopic (exact) mass is 378 g/mol. The van der Waals surface area contributed by atoms with Gasteiger partial charge in [-0.1, -0.05) is 23.7 Å². The quantitative estimate of drug-likeness (QED) is 0.711. The lowest BCUT2D eigenvalue weighted by Crippen LogP contribution is -2.39. The van der Waals surface area contributed by atoms with E-state index in [9.17, 15) is 4.79 Å². The van der Waals surface area contributed by atoms with Gasteiger partial charge in [0.05, 0.1) is 0 Å². The maximum absolute atomic E-state index is 12.6. The van der Waals surface area contributed by atoms with E-state index in [4.69, 9.17) is 4.52 Å². The molecule has 2 fully saturated rings. The van der Waals surface area contributed by atoms with Gasteiger partial charge in [0, 0.05) is 54.8 Å². The van der Waals surface area contributed by atoms with Gasteiger partial charge >= 0.3 is 0 Å². The molecule has 2 N–H and O–H groups in total. The number of nitrogens with one attached hydrogen (secondary N) is 2. The van der Waals surface area contributed by atoms with Gasteiger partial charge < -0.3 is 14.8 Å². The molecule has 2 aliphatic rings. The molecule has 146 valence electrons. The number of hydrogen-bond acceptors (Lipinski definition) is 4. The summed E-state index contributed by atoms with van der Waals surface area (Å²) in [7, 11) is 0. The van der Waals surface area contributed by atoms with Crippen molar-refractivity contribution < 1.29 is 9.32 Å². The maximum atomic E-state index is 12.6. The third kappa shape index (κ3) is 3.33. The van der Waals surface area contributed by atoms with Gasteiger partial charge in [-0.15, -0.1) is 0 Å². The normalized spacial score (nSPS) is 22.8. The summed E-state index contributed by atoms with van der Waals surface area (Å²) in [5.41, 5.74) is 4.16. The van der Waals surface area contributed by atoms with Crippen LogP contribution in [-0.4, -0.2) is 40.1 Å². The fraction of sp³-hybridized carbons (Fsp3) is 0.455. The van der Waals surface area contributed by atoms with Gasteiger partial charge in [0.1, 0.15) is 5.76 Å². The summed E-state index contributed by atoms with van der Waals surface area (Å²) in [6, 6.07) is 8.43.